The summed E-state index contributed by atoms with van der Waals surface area (Å²) in [4.78, 5) is 37.0. The van der Waals surface area contributed by atoms with E-state index in [0.29, 0.717) is 17.5 Å². The number of para-hydroxylation sites is 1. The zero-order valence-corrected chi connectivity index (χ0v) is 18.7. The van der Waals surface area contributed by atoms with E-state index in [9.17, 15) is 19.4 Å². The Hall–Kier alpha value is -3.13. The van der Waals surface area contributed by atoms with Gasteiger partial charge in [-0.25, -0.2) is 4.79 Å². The first kappa shape index (κ1) is 23.5. The van der Waals surface area contributed by atoms with Crippen LogP contribution in [-0.2, 0) is 20.7 Å². The van der Waals surface area contributed by atoms with E-state index < -0.39 is 37.1 Å². The minimum absolute atomic E-state index is 0.0737. The molecule has 168 valence electrons. The second-order valence-electron chi connectivity index (χ2n) is 8.94. The highest BCUT2D eigenvalue weighted by atomic mass is 16.7. The van der Waals surface area contributed by atoms with Crippen molar-refractivity contribution in [2.45, 2.75) is 46.4 Å². The fourth-order valence-corrected chi connectivity index (χ4v) is 3.48. The van der Waals surface area contributed by atoms with E-state index in [1.165, 1.54) is 6.07 Å². The zero-order valence-electron chi connectivity index (χ0n) is 18.7. The van der Waals surface area contributed by atoms with Crippen molar-refractivity contribution < 1.29 is 33.5 Å². The zero-order chi connectivity index (χ0) is 23.5. The molecule has 0 aromatic heterocycles. The Morgan fingerprint density at radius 3 is 2.44 bits per heavy atom. The van der Waals surface area contributed by atoms with Gasteiger partial charge in [0.2, 0.25) is 6.79 Å². The van der Waals surface area contributed by atoms with Gasteiger partial charge in [0.05, 0.1) is 5.41 Å². The maximum absolute atomic E-state index is 12.7. The van der Waals surface area contributed by atoms with Crippen molar-refractivity contribution >= 4 is 24.8 Å². The van der Waals surface area contributed by atoms with Crippen molar-refractivity contribution in [3.05, 3.63) is 64.7 Å². The normalized spacial score (nSPS) is 15.4. The van der Waals surface area contributed by atoms with Crippen molar-refractivity contribution in [3.8, 4) is 5.75 Å². The smallest absolute Gasteiger partial charge is 0.526 e. The van der Waals surface area contributed by atoms with Crippen molar-refractivity contribution in [1.29, 1.82) is 0 Å². The molecule has 1 heterocycles. The van der Waals surface area contributed by atoms with Crippen LogP contribution in [0.25, 0.3) is 0 Å². The highest BCUT2D eigenvalue weighted by molar-refractivity contribution is 6.47. The minimum Gasteiger partial charge on any atom is -0.535 e. The number of esters is 2. The Morgan fingerprint density at radius 1 is 1.06 bits per heavy atom. The van der Waals surface area contributed by atoms with E-state index in [-0.39, 0.29) is 23.5 Å². The van der Waals surface area contributed by atoms with E-state index >= 15 is 0 Å². The highest BCUT2D eigenvalue weighted by Gasteiger charge is 2.38. The van der Waals surface area contributed by atoms with Gasteiger partial charge < -0.3 is 19.2 Å². The van der Waals surface area contributed by atoms with Crippen molar-refractivity contribution in [2.75, 3.05) is 6.79 Å². The molecule has 3 rings (SSSR count). The molecular formula is C24H27BO7. The van der Waals surface area contributed by atoms with Crippen molar-refractivity contribution in [1.82, 2.24) is 0 Å². The summed E-state index contributed by atoms with van der Waals surface area (Å²) in [5.74, 6) is -1.53. The Balaban J connectivity index is 1.68. The Kier molecular flexibility index (Phi) is 7.04. The summed E-state index contributed by atoms with van der Waals surface area (Å²) < 4.78 is 15.7. The molecule has 1 N–H and O–H groups in total. The van der Waals surface area contributed by atoms with Gasteiger partial charge in [0.15, 0.2) is 5.78 Å². The van der Waals surface area contributed by atoms with Crippen LogP contribution in [-0.4, -0.2) is 36.7 Å². The lowest BCUT2D eigenvalue weighted by Crippen LogP contribution is -2.36. The summed E-state index contributed by atoms with van der Waals surface area (Å²) in [6.07, 6.45) is 0.483. The van der Waals surface area contributed by atoms with Gasteiger partial charge in [-0.1, -0.05) is 36.4 Å². The molecule has 32 heavy (non-hydrogen) atoms. The van der Waals surface area contributed by atoms with E-state index in [2.05, 4.69) is 0 Å². The van der Waals surface area contributed by atoms with Crippen LogP contribution in [0.3, 0.4) is 0 Å². The third kappa shape index (κ3) is 5.37. The number of carbonyl (C=O) groups excluding carboxylic acids is 3. The van der Waals surface area contributed by atoms with Crippen LogP contribution in [0, 0.1) is 12.3 Å². The first-order valence-electron chi connectivity index (χ1n) is 10.5. The average Bonchev–Trinajstić information content (AvgIpc) is 2.73. The maximum Gasteiger partial charge on any atom is 0.526 e. The lowest BCUT2D eigenvalue weighted by molar-refractivity contribution is -0.161. The molecule has 1 aliphatic rings. The minimum atomic E-state index is -1.25. The monoisotopic (exact) mass is 438 g/mol. The molecule has 1 aliphatic heterocycles. The molecule has 0 bridgehead atoms. The van der Waals surface area contributed by atoms with Crippen LogP contribution in [0.2, 0.25) is 5.82 Å². The Labute approximate surface area is 187 Å². The van der Waals surface area contributed by atoms with Gasteiger partial charge in [-0.05, 0) is 51.3 Å². The standard InChI is InChI=1S/C24H27BO7/c1-15-8-5-6-10-18(15)20(26)13-17-12-16-9-7-11-19(21(16)32-25(17)29)22(27)30-14-31-23(28)24(2,3)4/h5-11,17,29H,12-14H2,1-4H3/t17-/m1/s1. The van der Waals surface area contributed by atoms with Gasteiger partial charge in [0.1, 0.15) is 11.3 Å². The number of ketones is 1. The van der Waals surface area contributed by atoms with Crippen LogP contribution in [0.15, 0.2) is 42.5 Å². The molecule has 2 aromatic carbocycles. The molecule has 0 amide bonds. The molecule has 2 aromatic rings. The molecule has 0 unspecified atom stereocenters. The van der Waals surface area contributed by atoms with Gasteiger partial charge in [0.25, 0.3) is 0 Å². The highest BCUT2D eigenvalue weighted by Crippen LogP contribution is 2.37. The fraction of sp³-hybridized carbons (Fsp3) is 0.375. The van der Waals surface area contributed by atoms with Gasteiger partial charge in [-0.2, -0.15) is 0 Å². The first-order chi connectivity index (χ1) is 15.1. The average molecular weight is 438 g/mol. The van der Waals surface area contributed by atoms with E-state index in [0.717, 1.165) is 5.56 Å². The third-order valence-corrected chi connectivity index (χ3v) is 5.33. The summed E-state index contributed by atoms with van der Waals surface area (Å²) in [7, 11) is -1.25. The van der Waals surface area contributed by atoms with Crippen LogP contribution in [0.1, 0.15) is 59.0 Å². The number of benzene rings is 2. The molecule has 0 radical (unpaired) electrons. The first-order valence-corrected chi connectivity index (χ1v) is 10.5. The van der Waals surface area contributed by atoms with Crippen LogP contribution >= 0.6 is 0 Å². The lowest BCUT2D eigenvalue weighted by atomic mass is 9.64. The van der Waals surface area contributed by atoms with Gasteiger partial charge in [-0.15, -0.1) is 0 Å². The van der Waals surface area contributed by atoms with Crippen LogP contribution < -0.4 is 4.65 Å². The summed E-state index contributed by atoms with van der Waals surface area (Å²) in [6.45, 7) is 6.43. The molecular weight excluding hydrogens is 411 g/mol. The molecule has 0 aliphatic carbocycles. The predicted octanol–water partition coefficient (Wildman–Crippen LogP) is 3.76. The number of rotatable bonds is 6. The molecule has 1 atom stereocenters. The number of aryl methyl sites for hydroxylation is 1. The quantitative estimate of drug-likeness (QED) is 0.317. The topological polar surface area (TPSA) is 99.1 Å². The van der Waals surface area contributed by atoms with Gasteiger partial charge in [-0.3, -0.25) is 9.59 Å². The summed E-state index contributed by atoms with van der Waals surface area (Å²) in [5, 5.41) is 10.5. The number of fused-ring (bicyclic) bond motifs is 1. The van der Waals surface area contributed by atoms with E-state index in [1.807, 2.05) is 19.1 Å². The number of Topliss-reactive ketones (excluding diaryl/α,β-unsaturated/α-hetero) is 1. The number of hydrogen-bond acceptors (Lipinski definition) is 7. The fourth-order valence-electron chi connectivity index (χ4n) is 3.48. The molecule has 7 nitrogen and oxygen atoms in total. The number of hydrogen-bond donors (Lipinski definition) is 1. The largest absolute Gasteiger partial charge is 0.535 e. The maximum atomic E-state index is 12.7. The second kappa shape index (κ2) is 9.57. The third-order valence-electron chi connectivity index (χ3n) is 5.33. The van der Waals surface area contributed by atoms with Gasteiger partial charge >= 0.3 is 19.1 Å². The molecule has 0 saturated heterocycles. The number of ether oxygens (including phenoxy) is 2. The summed E-state index contributed by atoms with van der Waals surface area (Å²) in [6, 6.07) is 12.3. The van der Waals surface area contributed by atoms with Crippen molar-refractivity contribution in [3.63, 3.8) is 0 Å². The molecule has 0 saturated carbocycles. The summed E-state index contributed by atoms with van der Waals surface area (Å²) >= 11 is 0. The van der Waals surface area contributed by atoms with Crippen LogP contribution in [0.4, 0.5) is 0 Å². The Bertz CT molecular complexity index is 1030. The molecule has 0 spiro atoms. The van der Waals surface area contributed by atoms with E-state index in [4.69, 9.17) is 14.1 Å². The Morgan fingerprint density at radius 2 is 1.75 bits per heavy atom. The number of carbonyl (C=O) groups is 3. The van der Waals surface area contributed by atoms with Crippen LogP contribution in [0.5, 0.6) is 5.75 Å². The lowest BCUT2D eigenvalue weighted by Gasteiger charge is -2.28. The predicted molar refractivity (Wildman–Crippen MR) is 118 cm³/mol. The second-order valence-corrected chi connectivity index (χ2v) is 8.94. The molecule has 0 fully saturated rings. The van der Waals surface area contributed by atoms with Crippen molar-refractivity contribution in [2.24, 2.45) is 5.41 Å². The van der Waals surface area contributed by atoms with Gasteiger partial charge in [0, 0.05) is 17.8 Å². The SMILES string of the molecule is Cc1ccccc1C(=O)C[C@H]1Cc2cccc(C(=O)OCOC(=O)C(C)(C)C)c2OB1O. The van der Waals surface area contributed by atoms with E-state index in [1.54, 1.807) is 45.0 Å². The summed E-state index contributed by atoms with van der Waals surface area (Å²) in [5.41, 5.74) is 1.60. The molecule has 8 heteroatoms.